The Hall–Kier alpha value is -4.55. The molecule has 0 aliphatic carbocycles. The van der Waals surface area contributed by atoms with Crippen LogP contribution in [0.2, 0.25) is 0 Å². The molecule has 1 heterocycles. The smallest absolute Gasteiger partial charge is 0.338 e. The molecular weight excluding hydrogens is 422 g/mol. The average molecular weight is 445 g/mol. The fourth-order valence-corrected chi connectivity index (χ4v) is 2.57. The summed E-state index contributed by atoms with van der Waals surface area (Å²) in [6.07, 6.45) is 1.46. The van der Waals surface area contributed by atoms with E-state index in [2.05, 4.69) is 32.1 Å². The van der Waals surface area contributed by atoms with E-state index in [0.29, 0.717) is 16.9 Å². The third-order valence-corrected chi connectivity index (χ3v) is 4.00. The van der Waals surface area contributed by atoms with Crippen LogP contribution in [0.15, 0.2) is 36.5 Å². The molecule has 0 saturated heterocycles. The third kappa shape index (κ3) is 7.37. The van der Waals surface area contributed by atoms with E-state index in [0.717, 1.165) is 0 Å². The number of aryl methyl sites for hydroxylation is 1. The monoisotopic (exact) mass is 445 g/mol. The molecule has 1 aromatic heterocycles. The van der Waals surface area contributed by atoms with Crippen molar-refractivity contribution in [3.05, 3.63) is 47.8 Å². The van der Waals surface area contributed by atoms with Crippen molar-refractivity contribution in [1.82, 2.24) is 26.1 Å². The highest BCUT2D eigenvalue weighted by atomic mass is 16.4. The quantitative estimate of drug-likeness (QED) is 0.294. The van der Waals surface area contributed by atoms with Gasteiger partial charge in [0.1, 0.15) is 12.2 Å². The van der Waals surface area contributed by atoms with Crippen LogP contribution in [0, 0.1) is 0 Å². The van der Waals surface area contributed by atoms with E-state index in [4.69, 9.17) is 5.11 Å². The highest BCUT2D eigenvalue weighted by Gasteiger charge is 2.14. The normalized spacial score (nSPS) is 9.94. The number of amides is 6. The van der Waals surface area contributed by atoms with E-state index in [-0.39, 0.29) is 12.1 Å². The maximum atomic E-state index is 12.6. The van der Waals surface area contributed by atoms with Gasteiger partial charge in [-0.1, -0.05) is 12.1 Å². The first kappa shape index (κ1) is 23.7. The Bertz CT molecular complexity index is 1030. The molecule has 0 unspecified atom stereocenters. The molecule has 0 atom stereocenters. The van der Waals surface area contributed by atoms with E-state index < -0.39 is 36.4 Å². The van der Waals surface area contributed by atoms with Gasteiger partial charge in [0.2, 0.25) is 5.91 Å². The van der Waals surface area contributed by atoms with Crippen molar-refractivity contribution >= 4 is 41.2 Å². The molecule has 0 aliphatic rings. The number of carboxylic acids is 1. The maximum absolute atomic E-state index is 12.6. The summed E-state index contributed by atoms with van der Waals surface area (Å²) >= 11 is 0. The zero-order chi connectivity index (χ0) is 23.7. The maximum Gasteiger partial charge on any atom is 0.338 e. The number of carboxylic acid groups (broad SMARTS) is 1. The van der Waals surface area contributed by atoms with Crippen LogP contribution in [-0.2, 0) is 23.1 Å². The molecule has 0 bridgehead atoms. The van der Waals surface area contributed by atoms with Crippen molar-refractivity contribution in [2.45, 2.75) is 6.42 Å². The summed E-state index contributed by atoms with van der Waals surface area (Å²) in [4.78, 5) is 57.8. The number of carbonyl (C=O) groups excluding carboxylic acids is 4. The summed E-state index contributed by atoms with van der Waals surface area (Å²) < 4.78 is 1.50. The van der Waals surface area contributed by atoms with Crippen molar-refractivity contribution in [1.29, 1.82) is 0 Å². The zero-order valence-electron chi connectivity index (χ0n) is 17.3. The lowest BCUT2D eigenvalue weighted by Gasteiger charge is -2.08. The third-order valence-electron chi connectivity index (χ3n) is 4.00. The van der Waals surface area contributed by atoms with Crippen LogP contribution in [-0.4, -0.2) is 53.1 Å². The first-order chi connectivity index (χ1) is 15.2. The molecule has 13 heteroatoms. The summed E-state index contributed by atoms with van der Waals surface area (Å²) in [5.74, 6) is -2.06. The molecule has 170 valence electrons. The van der Waals surface area contributed by atoms with Gasteiger partial charge in [-0.15, -0.1) is 0 Å². The van der Waals surface area contributed by atoms with E-state index in [9.17, 15) is 24.0 Å². The lowest BCUT2D eigenvalue weighted by atomic mass is 10.1. The minimum absolute atomic E-state index is 0.0472. The molecule has 0 saturated carbocycles. The number of carbonyl (C=O) groups is 5. The molecule has 13 nitrogen and oxygen atoms in total. The Balaban J connectivity index is 1.98. The van der Waals surface area contributed by atoms with Gasteiger partial charge in [0.15, 0.2) is 0 Å². The predicted molar refractivity (Wildman–Crippen MR) is 114 cm³/mol. The molecule has 32 heavy (non-hydrogen) atoms. The predicted octanol–water partition coefficient (Wildman–Crippen LogP) is -0.0138. The van der Waals surface area contributed by atoms with Crippen LogP contribution < -0.4 is 32.1 Å². The second-order valence-corrected chi connectivity index (χ2v) is 6.51. The van der Waals surface area contributed by atoms with Crippen LogP contribution in [0.5, 0.6) is 0 Å². The summed E-state index contributed by atoms with van der Waals surface area (Å²) in [7, 11) is 3.00. The van der Waals surface area contributed by atoms with Crippen molar-refractivity contribution in [2.75, 3.05) is 24.2 Å². The van der Waals surface area contributed by atoms with E-state index in [1.807, 2.05) is 0 Å². The highest BCUT2D eigenvalue weighted by Crippen LogP contribution is 2.16. The van der Waals surface area contributed by atoms with Crippen LogP contribution in [0.25, 0.3) is 0 Å². The van der Waals surface area contributed by atoms with Crippen molar-refractivity contribution in [3.8, 4) is 0 Å². The van der Waals surface area contributed by atoms with Gasteiger partial charge in [0.05, 0.1) is 12.1 Å². The van der Waals surface area contributed by atoms with Gasteiger partial charge in [0, 0.05) is 26.0 Å². The number of hydrogen-bond donors (Lipinski definition) is 7. The number of nitrogens with one attached hydrogen (secondary N) is 6. The number of benzene rings is 1. The Morgan fingerprint density at radius 1 is 0.969 bits per heavy atom. The minimum Gasteiger partial charge on any atom is -0.480 e. The van der Waals surface area contributed by atoms with E-state index >= 15 is 0 Å². The van der Waals surface area contributed by atoms with Gasteiger partial charge in [-0.25, -0.2) is 20.4 Å². The highest BCUT2D eigenvalue weighted by molar-refractivity contribution is 6.04. The second kappa shape index (κ2) is 11.0. The number of rotatable bonds is 7. The summed E-state index contributed by atoms with van der Waals surface area (Å²) in [6.45, 7) is -0.473. The largest absolute Gasteiger partial charge is 0.480 e. The number of anilines is 2. The Morgan fingerprint density at radius 2 is 1.69 bits per heavy atom. The fourth-order valence-electron chi connectivity index (χ4n) is 2.57. The summed E-state index contributed by atoms with van der Waals surface area (Å²) in [5, 5.41) is 18.3. The molecule has 1 aromatic carbocycles. The van der Waals surface area contributed by atoms with Crippen molar-refractivity contribution in [2.24, 2.45) is 7.05 Å². The van der Waals surface area contributed by atoms with E-state index in [1.165, 1.54) is 23.9 Å². The van der Waals surface area contributed by atoms with Crippen molar-refractivity contribution in [3.63, 3.8) is 0 Å². The zero-order valence-corrected chi connectivity index (χ0v) is 17.3. The van der Waals surface area contributed by atoms with Gasteiger partial charge in [-0.2, -0.15) is 0 Å². The molecule has 6 amide bonds. The lowest BCUT2D eigenvalue weighted by Crippen LogP contribution is -2.47. The van der Waals surface area contributed by atoms with Gasteiger partial charge < -0.3 is 30.9 Å². The van der Waals surface area contributed by atoms with Gasteiger partial charge in [-0.05, 0) is 23.8 Å². The number of aromatic nitrogens is 1. The van der Waals surface area contributed by atoms with Crippen LogP contribution in [0.4, 0.5) is 21.0 Å². The standard InChI is InChI=1S/C19H23N7O6/c1-20-18(31)24-25-19(32)23-13-8-14(26(2)10-13)17(30)22-12-5-3-4-11(6-12)7-15(27)21-9-16(28)29/h3-6,8,10H,7,9H2,1-2H3,(H,21,27)(H,22,30)(H,28,29)(H2,20,24,31)(H2,23,25,32). The second-order valence-electron chi connectivity index (χ2n) is 6.51. The Kier molecular flexibility index (Phi) is 8.16. The van der Waals surface area contributed by atoms with Crippen LogP contribution >= 0.6 is 0 Å². The molecule has 7 N–H and O–H groups in total. The molecule has 0 spiro atoms. The molecular formula is C19H23N7O6. The topological polar surface area (TPSA) is 183 Å². The number of urea groups is 2. The van der Waals surface area contributed by atoms with Gasteiger partial charge in [0.25, 0.3) is 5.91 Å². The molecule has 0 radical (unpaired) electrons. The van der Waals surface area contributed by atoms with Gasteiger partial charge in [-0.3, -0.25) is 14.4 Å². The van der Waals surface area contributed by atoms with Gasteiger partial charge >= 0.3 is 18.0 Å². The molecule has 0 fully saturated rings. The van der Waals surface area contributed by atoms with Crippen molar-refractivity contribution < 1.29 is 29.1 Å². The number of nitrogens with zero attached hydrogens (tertiary/aromatic N) is 1. The SMILES string of the molecule is CNC(=O)NNC(=O)Nc1cc(C(=O)Nc2cccc(CC(=O)NCC(=O)O)c2)n(C)c1. The Labute approximate surface area is 182 Å². The minimum atomic E-state index is -1.14. The summed E-state index contributed by atoms with van der Waals surface area (Å²) in [5.41, 5.74) is 5.81. The molecule has 2 aromatic rings. The Morgan fingerprint density at radius 3 is 2.38 bits per heavy atom. The van der Waals surface area contributed by atoms with Crippen LogP contribution in [0.1, 0.15) is 16.1 Å². The first-order valence-corrected chi connectivity index (χ1v) is 9.27. The number of hydrazine groups is 1. The summed E-state index contributed by atoms with van der Waals surface area (Å²) in [6, 6.07) is 6.69. The first-order valence-electron chi connectivity index (χ1n) is 9.27. The number of aliphatic carboxylic acids is 1. The van der Waals surface area contributed by atoms with E-state index in [1.54, 1.807) is 31.3 Å². The number of hydrogen-bond acceptors (Lipinski definition) is 5. The van der Waals surface area contributed by atoms with Crippen LogP contribution in [0.3, 0.4) is 0 Å². The average Bonchev–Trinajstić information content (AvgIpc) is 3.10. The fraction of sp³-hybridized carbons (Fsp3) is 0.211. The lowest BCUT2D eigenvalue weighted by molar-refractivity contribution is -0.137. The molecule has 0 aliphatic heterocycles. The molecule has 2 rings (SSSR count).